The number of benzene rings is 1. The van der Waals surface area contributed by atoms with Crippen molar-refractivity contribution in [3.05, 3.63) is 42.5 Å². The van der Waals surface area contributed by atoms with Crippen molar-refractivity contribution in [1.82, 2.24) is 0 Å². The number of hydrogen-bond acceptors (Lipinski definition) is 4. The number of hydrogen-bond donors (Lipinski definition) is 1. The van der Waals surface area contributed by atoms with Crippen LogP contribution in [0.4, 0.5) is 0 Å². The maximum Gasteiger partial charge on any atom is 0.317 e. The van der Waals surface area contributed by atoms with Crippen LogP contribution in [0.2, 0.25) is 18.1 Å². The van der Waals surface area contributed by atoms with Crippen molar-refractivity contribution in [2.45, 2.75) is 71.2 Å². The molecule has 27 heavy (non-hydrogen) atoms. The van der Waals surface area contributed by atoms with Gasteiger partial charge in [0.05, 0.1) is 18.1 Å². The fourth-order valence-corrected chi connectivity index (χ4v) is 5.85. The van der Waals surface area contributed by atoms with Crippen molar-refractivity contribution >= 4 is 14.3 Å². The highest BCUT2D eigenvalue weighted by atomic mass is 28.4. The predicted octanol–water partition coefficient (Wildman–Crippen LogP) is 5.34. The summed E-state index contributed by atoms with van der Waals surface area (Å²) in [5.41, 5.74) is -1.29. The topological polar surface area (TPSA) is 55.8 Å². The van der Waals surface area contributed by atoms with Gasteiger partial charge >= 0.3 is 5.97 Å². The van der Waals surface area contributed by atoms with Gasteiger partial charge in [0.25, 0.3) is 0 Å². The first-order valence-electron chi connectivity index (χ1n) is 10.1. The molecular formula is C22H36O4Si. The maximum absolute atomic E-state index is 12.8. The van der Waals surface area contributed by atoms with Crippen molar-refractivity contribution in [1.29, 1.82) is 0 Å². The molecule has 5 heteroatoms. The standard InChI is InChI=1S/C22H36O4Si/c1-6-10-12-17-20(21(23)26-19-15-13-11-14-16-19)22(5,24)18-25-27(7-2,8-3)9-4/h10-16,20,24H,6-9,17-18H2,1-5H3/b12-10-. The second kappa shape index (κ2) is 11.4. The van der Waals surface area contributed by atoms with Gasteiger partial charge in [-0.15, -0.1) is 0 Å². The summed E-state index contributed by atoms with van der Waals surface area (Å²) in [6.07, 6.45) is 5.25. The molecule has 0 aromatic heterocycles. The molecule has 0 heterocycles. The summed E-state index contributed by atoms with van der Waals surface area (Å²) in [5.74, 6) is -0.617. The number of carbonyl (C=O) groups is 1. The van der Waals surface area contributed by atoms with E-state index in [1.165, 1.54) is 0 Å². The van der Waals surface area contributed by atoms with Gasteiger partial charge in [0, 0.05) is 0 Å². The largest absolute Gasteiger partial charge is 0.426 e. The molecule has 0 amide bonds. The van der Waals surface area contributed by atoms with Gasteiger partial charge in [0.2, 0.25) is 0 Å². The van der Waals surface area contributed by atoms with Crippen LogP contribution >= 0.6 is 0 Å². The molecule has 0 aliphatic heterocycles. The zero-order chi connectivity index (χ0) is 20.3. The Balaban J connectivity index is 2.95. The minimum absolute atomic E-state index is 0.156. The van der Waals surface area contributed by atoms with Crippen molar-refractivity contribution in [3.63, 3.8) is 0 Å². The van der Waals surface area contributed by atoms with E-state index < -0.39 is 25.8 Å². The van der Waals surface area contributed by atoms with E-state index in [0.29, 0.717) is 12.2 Å². The molecule has 0 spiro atoms. The highest BCUT2D eigenvalue weighted by molar-refractivity contribution is 6.73. The third-order valence-electron chi connectivity index (χ3n) is 5.37. The van der Waals surface area contributed by atoms with Gasteiger partial charge < -0.3 is 14.3 Å². The van der Waals surface area contributed by atoms with Gasteiger partial charge in [0.15, 0.2) is 8.32 Å². The average Bonchev–Trinajstić information content (AvgIpc) is 2.67. The third-order valence-corrected chi connectivity index (χ3v) is 10.00. The molecular weight excluding hydrogens is 356 g/mol. The van der Waals surface area contributed by atoms with Crippen molar-refractivity contribution in [2.24, 2.45) is 5.92 Å². The molecule has 0 radical (unpaired) electrons. The predicted molar refractivity (Wildman–Crippen MR) is 113 cm³/mol. The van der Waals surface area contributed by atoms with Crippen LogP contribution in [0.15, 0.2) is 42.5 Å². The summed E-state index contributed by atoms with van der Waals surface area (Å²) in [6.45, 7) is 10.3. The average molecular weight is 393 g/mol. The SMILES string of the molecule is CC/C=C\CC(C(=O)Oc1ccccc1)C(C)(O)CO[Si](CC)(CC)CC. The lowest BCUT2D eigenvalue weighted by atomic mass is 9.87. The lowest BCUT2D eigenvalue weighted by Crippen LogP contribution is -2.49. The van der Waals surface area contributed by atoms with E-state index in [1.54, 1.807) is 19.1 Å². The number of aliphatic hydroxyl groups is 1. The Labute approximate surface area is 165 Å². The Morgan fingerprint density at radius 3 is 2.22 bits per heavy atom. The summed E-state index contributed by atoms with van der Waals surface area (Å²) in [6, 6.07) is 12.0. The van der Waals surface area contributed by atoms with E-state index in [9.17, 15) is 9.90 Å². The van der Waals surface area contributed by atoms with Gasteiger partial charge in [-0.25, -0.2) is 0 Å². The summed E-state index contributed by atoms with van der Waals surface area (Å²) in [4.78, 5) is 12.8. The van der Waals surface area contributed by atoms with E-state index in [0.717, 1.165) is 24.6 Å². The van der Waals surface area contributed by atoms with E-state index in [1.807, 2.05) is 37.3 Å². The Morgan fingerprint density at radius 1 is 1.11 bits per heavy atom. The van der Waals surface area contributed by atoms with E-state index in [-0.39, 0.29) is 6.61 Å². The molecule has 0 bridgehead atoms. The van der Waals surface area contributed by atoms with Gasteiger partial charge in [-0.3, -0.25) is 4.79 Å². The second-order valence-corrected chi connectivity index (χ2v) is 12.1. The Bertz CT molecular complexity index is 571. The van der Waals surface area contributed by atoms with Crippen LogP contribution in [0.5, 0.6) is 5.75 Å². The zero-order valence-electron chi connectivity index (χ0n) is 17.5. The van der Waals surface area contributed by atoms with Crippen LogP contribution in [0.25, 0.3) is 0 Å². The summed E-state index contributed by atoms with van der Waals surface area (Å²) < 4.78 is 11.8. The number of rotatable bonds is 12. The molecule has 0 fully saturated rings. The van der Waals surface area contributed by atoms with Crippen LogP contribution in [0.3, 0.4) is 0 Å². The van der Waals surface area contributed by atoms with Crippen LogP contribution in [-0.2, 0) is 9.22 Å². The monoisotopic (exact) mass is 392 g/mol. The molecule has 152 valence electrons. The van der Waals surface area contributed by atoms with Crippen LogP contribution in [-0.4, -0.2) is 31.6 Å². The first-order valence-corrected chi connectivity index (χ1v) is 12.6. The van der Waals surface area contributed by atoms with Gasteiger partial charge in [-0.1, -0.05) is 58.0 Å². The lowest BCUT2D eigenvalue weighted by Gasteiger charge is -2.36. The molecule has 0 saturated heterocycles. The zero-order valence-corrected chi connectivity index (χ0v) is 18.5. The van der Waals surface area contributed by atoms with Crippen molar-refractivity contribution in [3.8, 4) is 5.75 Å². The van der Waals surface area contributed by atoms with Gasteiger partial charge in [-0.2, -0.15) is 0 Å². The molecule has 2 unspecified atom stereocenters. The summed E-state index contributed by atoms with van der Waals surface area (Å²) in [7, 11) is -1.85. The van der Waals surface area contributed by atoms with Crippen molar-refractivity contribution in [2.75, 3.05) is 6.61 Å². The fraction of sp³-hybridized carbons (Fsp3) is 0.591. The third kappa shape index (κ3) is 7.24. The van der Waals surface area contributed by atoms with Crippen LogP contribution in [0, 0.1) is 5.92 Å². The smallest absolute Gasteiger partial charge is 0.317 e. The normalized spacial score (nSPS) is 15.5. The molecule has 0 aliphatic carbocycles. The number of para-hydroxylation sites is 1. The summed E-state index contributed by atoms with van der Waals surface area (Å²) >= 11 is 0. The second-order valence-electron chi connectivity index (χ2n) is 7.29. The first kappa shape index (κ1) is 23.6. The Hall–Kier alpha value is -1.43. The Morgan fingerprint density at radius 2 is 1.70 bits per heavy atom. The molecule has 1 aromatic carbocycles. The fourth-order valence-electron chi connectivity index (χ4n) is 3.13. The summed E-state index contributed by atoms with van der Waals surface area (Å²) in [5, 5.41) is 11.1. The first-order chi connectivity index (χ1) is 12.8. The van der Waals surface area contributed by atoms with Crippen LogP contribution in [0.1, 0.15) is 47.5 Å². The van der Waals surface area contributed by atoms with Crippen LogP contribution < -0.4 is 4.74 Å². The minimum Gasteiger partial charge on any atom is -0.426 e. The lowest BCUT2D eigenvalue weighted by molar-refractivity contribution is -0.150. The molecule has 0 aliphatic rings. The number of ether oxygens (including phenoxy) is 1. The highest BCUT2D eigenvalue weighted by Crippen LogP contribution is 2.29. The molecule has 1 N–H and O–H groups in total. The van der Waals surface area contributed by atoms with E-state index in [4.69, 9.17) is 9.16 Å². The number of carbonyl (C=O) groups excluding carboxylic acids is 1. The molecule has 4 nitrogen and oxygen atoms in total. The number of esters is 1. The minimum atomic E-state index is -1.85. The maximum atomic E-state index is 12.8. The van der Waals surface area contributed by atoms with Gasteiger partial charge in [0.1, 0.15) is 5.75 Å². The molecule has 2 atom stereocenters. The van der Waals surface area contributed by atoms with E-state index >= 15 is 0 Å². The van der Waals surface area contributed by atoms with Crippen molar-refractivity contribution < 1.29 is 19.1 Å². The molecule has 1 rings (SSSR count). The molecule has 1 aromatic rings. The molecule has 0 saturated carbocycles. The van der Waals surface area contributed by atoms with Gasteiger partial charge in [-0.05, 0) is 50.0 Å². The van der Waals surface area contributed by atoms with E-state index in [2.05, 4.69) is 20.8 Å². The highest BCUT2D eigenvalue weighted by Gasteiger charge is 2.41. The Kier molecular flexibility index (Phi) is 9.98. The number of allylic oxidation sites excluding steroid dienone is 2. The quantitative estimate of drug-likeness (QED) is 0.226.